The molecule has 0 unspecified atom stereocenters. The third kappa shape index (κ3) is 3.31. The summed E-state index contributed by atoms with van der Waals surface area (Å²) >= 11 is 7.35. The minimum Gasteiger partial charge on any atom is -0.310 e. The maximum absolute atomic E-state index is 13.8. The van der Waals surface area contributed by atoms with Gasteiger partial charge in [-0.25, -0.2) is 4.39 Å². The van der Waals surface area contributed by atoms with E-state index < -0.39 is 0 Å². The van der Waals surface area contributed by atoms with Crippen LogP contribution >= 0.6 is 22.9 Å². The number of hydrogen-bond donors (Lipinski definition) is 1. The highest BCUT2D eigenvalue weighted by atomic mass is 35.5. The molecule has 4 heteroatoms. The molecule has 0 aliphatic carbocycles. The first-order valence-electron chi connectivity index (χ1n) is 5.84. The first-order chi connectivity index (χ1) is 8.56. The highest BCUT2D eigenvalue weighted by molar-refractivity contribution is 7.15. The Morgan fingerprint density at radius 2 is 2.06 bits per heavy atom. The third-order valence-corrected chi connectivity index (χ3v) is 3.90. The van der Waals surface area contributed by atoms with Crippen LogP contribution in [0.3, 0.4) is 0 Å². The van der Waals surface area contributed by atoms with Crippen LogP contribution in [-0.2, 0) is 6.54 Å². The van der Waals surface area contributed by atoms with Crippen LogP contribution in [0, 0.1) is 5.82 Å². The fourth-order valence-corrected chi connectivity index (χ4v) is 2.76. The lowest BCUT2D eigenvalue weighted by molar-refractivity contribution is 0.593. The van der Waals surface area contributed by atoms with Gasteiger partial charge in [0.1, 0.15) is 5.82 Å². The molecule has 0 atom stereocenters. The fraction of sp³-hybridized carbons (Fsp3) is 0.286. The summed E-state index contributed by atoms with van der Waals surface area (Å²) in [6.07, 6.45) is 0. The summed E-state index contributed by atoms with van der Waals surface area (Å²) in [5, 5.41) is 3.77. The maximum Gasteiger partial charge on any atom is 0.133 e. The summed E-state index contributed by atoms with van der Waals surface area (Å²) in [5.41, 5.74) is 0.611. The summed E-state index contributed by atoms with van der Waals surface area (Å²) in [7, 11) is 0. The number of nitrogens with one attached hydrogen (secondary N) is 1. The highest BCUT2D eigenvalue weighted by Crippen LogP contribution is 2.31. The Balaban J connectivity index is 2.18. The molecular formula is C14H15ClFNS. The molecule has 0 spiro atoms. The molecule has 96 valence electrons. The zero-order chi connectivity index (χ0) is 13.1. The van der Waals surface area contributed by atoms with Gasteiger partial charge in [0.2, 0.25) is 0 Å². The molecule has 1 heterocycles. The summed E-state index contributed by atoms with van der Waals surface area (Å²) < 4.78 is 13.8. The smallest absolute Gasteiger partial charge is 0.133 e. The van der Waals surface area contributed by atoms with E-state index >= 15 is 0 Å². The molecule has 2 rings (SSSR count). The minimum absolute atomic E-state index is 0.271. The molecule has 18 heavy (non-hydrogen) atoms. The molecule has 0 saturated carbocycles. The van der Waals surface area contributed by atoms with Crippen molar-refractivity contribution in [2.45, 2.75) is 26.4 Å². The molecule has 0 aliphatic rings. The Morgan fingerprint density at radius 3 is 2.72 bits per heavy atom. The van der Waals surface area contributed by atoms with Gasteiger partial charge in [-0.05, 0) is 30.3 Å². The van der Waals surface area contributed by atoms with Gasteiger partial charge < -0.3 is 5.32 Å². The van der Waals surface area contributed by atoms with E-state index in [-0.39, 0.29) is 5.82 Å². The quantitative estimate of drug-likeness (QED) is 0.857. The third-order valence-electron chi connectivity index (χ3n) is 2.54. The van der Waals surface area contributed by atoms with Crippen LogP contribution in [0.5, 0.6) is 0 Å². The Morgan fingerprint density at radius 1 is 1.28 bits per heavy atom. The van der Waals surface area contributed by atoms with Crippen molar-refractivity contribution in [3.8, 4) is 10.4 Å². The molecule has 0 radical (unpaired) electrons. The summed E-state index contributed by atoms with van der Waals surface area (Å²) in [6, 6.07) is 9.22. The minimum atomic E-state index is -0.271. The van der Waals surface area contributed by atoms with E-state index in [2.05, 4.69) is 19.2 Å². The van der Waals surface area contributed by atoms with Crippen molar-refractivity contribution in [2.24, 2.45) is 0 Å². The van der Waals surface area contributed by atoms with E-state index in [9.17, 15) is 4.39 Å². The van der Waals surface area contributed by atoms with Gasteiger partial charge in [0.05, 0.1) is 0 Å². The molecule has 2 aromatic rings. The molecule has 0 amide bonds. The van der Waals surface area contributed by atoms with E-state index in [1.54, 1.807) is 23.5 Å². The number of hydrogen-bond acceptors (Lipinski definition) is 2. The van der Waals surface area contributed by atoms with Crippen LogP contribution in [-0.4, -0.2) is 6.04 Å². The summed E-state index contributed by atoms with van der Waals surface area (Å²) in [4.78, 5) is 2.14. The van der Waals surface area contributed by atoms with Crippen molar-refractivity contribution in [3.63, 3.8) is 0 Å². The maximum atomic E-state index is 13.8. The SMILES string of the molecule is CC(C)NCc1ccc(-c2ccc(Cl)cc2F)s1. The number of rotatable bonds is 4. The first kappa shape index (κ1) is 13.5. The van der Waals surface area contributed by atoms with E-state index in [1.807, 2.05) is 12.1 Å². The lowest BCUT2D eigenvalue weighted by Crippen LogP contribution is -2.21. The molecule has 1 aromatic heterocycles. The molecule has 1 N–H and O–H groups in total. The van der Waals surface area contributed by atoms with Crippen molar-refractivity contribution in [2.75, 3.05) is 0 Å². The van der Waals surface area contributed by atoms with E-state index in [4.69, 9.17) is 11.6 Å². The Bertz CT molecular complexity index is 536. The van der Waals surface area contributed by atoms with E-state index in [0.29, 0.717) is 16.6 Å². The fourth-order valence-electron chi connectivity index (χ4n) is 1.61. The molecule has 1 nitrogen and oxygen atoms in total. The number of halogens is 2. The molecule has 0 aliphatic heterocycles. The van der Waals surface area contributed by atoms with Crippen LogP contribution in [0.1, 0.15) is 18.7 Å². The van der Waals surface area contributed by atoms with Gasteiger partial charge >= 0.3 is 0 Å². The van der Waals surface area contributed by atoms with Crippen molar-refractivity contribution < 1.29 is 4.39 Å². The van der Waals surface area contributed by atoms with Crippen LogP contribution in [0.25, 0.3) is 10.4 Å². The number of thiophene rings is 1. The van der Waals surface area contributed by atoms with Gasteiger partial charge in [-0.2, -0.15) is 0 Å². The van der Waals surface area contributed by atoms with Crippen LogP contribution < -0.4 is 5.32 Å². The van der Waals surface area contributed by atoms with Gasteiger partial charge in [-0.3, -0.25) is 0 Å². The first-order valence-corrected chi connectivity index (χ1v) is 7.03. The van der Waals surface area contributed by atoms with Gasteiger partial charge in [0.15, 0.2) is 0 Å². The summed E-state index contributed by atoms with van der Waals surface area (Å²) in [6.45, 7) is 5.03. The molecule has 0 bridgehead atoms. The molecular weight excluding hydrogens is 269 g/mol. The summed E-state index contributed by atoms with van der Waals surface area (Å²) in [5.74, 6) is -0.271. The average Bonchev–Trinajstić information content (AvgIpc) is 2.75. The Kier molecular flexibility index (Phi) is 4.38. The van der Waals surface area contributed by atoms with Gasteiger partial charge in [-0.15, -0.1) is 11.3 Å². The molecule has 0 saturated heterocycles. The second kappa shape index (κ2) is 5.83. The predicted molar refractivity (Wildman–Crippen MR) is 76.7 cm³/mol. The van der Waals surface area contributed by atoms with Crippen LogP contribution in [0.15, 0.2) is 30.3 Å². The standard InChI is InChI=1S/C14H15ClFNS/c1-9(2)17-8-11-4-6-14(18-11)12-5-3-10(15)7-13(12)16/h3-7,9,17H,8H2,1-2H3. The largest absolute Gasteiger partial charge is 0.310 e. The van der Waals surface area contributed by atoms with Gasteiger partial charge in [0, 0.05) is 32.9 Å². The highest BCUT2D eigenvalue weighted by Gasteiger charge is 2.08. The second-order valence-corrected chi connectivity index (χ2v) is 6.03. The Hall–Kier alpha value is -0.900. The van der Waals surface area contributed by atoms with Crippen molar-refractivity contribution >= 4 is 22.9 Å². The van der Waals surface area contributed by atoms with Crippen molar-refractivity contribution in [1.82, 2.24) is 5.32 Å². The monoisotopic (exact) mass is 283 g/mol. The zero-order valence-electron chi connectivity index (χ0n) is 10.3. The lowest BCUT2D eigenvalue weighted by Gasteiger charge is -2.05. The van der Waals surface area contributed by atoms with Crippen molar-refractivity contribution in [3.05, 3.63) is 46.0 Å². The molecule has 1 aromatic carbocycles. The van der Waals surface area contributed by atoms with E-state index in [0.717, 1.165) is 11.4 Å². The zero-order valence-corrected chi connectivity index (χ0v) is 11.9. The normalized spacial score (nSPS) is 11.2. The van der Waals surface area contributed by atoms with Gasteiger partial charge in [-0.1, -0.05) is 25.4 Å². The topological polar surface area (TPSA) is 12.0 Å². The lowest BCUT2D eigenvalue weighted by atomic mass is 10.2. The van der Waals surface area contributed by atoms with Crippen molar-refractivity contribution in [1.29, 1.82) is 0 Å². The van der Waals surface area contributed by atoms with Crippen LogP contribution in [0.4, 0.5) is 4.39 Å². The predicted octanol–water partition coefficient (Wildman–Crippen LogP) is 4.71. The Labute approximate surface area is 116 Å². The van der Waals surface area contributed by atoms with E-state index in [1.165, 1.54) is 10.9 Å². The number of benzene rings is 1. The van der Waals surface area contributed by atoms with Crippen LogP contribution in [0.2, 0.25) is 5.02 Å². The van der Waals surface area contributed by atoms with Gasteiger partial charge in [0.25, 0.3) is 0 Å². The average molecular weight is 284 g/mol. The second-order valence-electron chi connectivity index (χ2n) is 4.43. The molecule has 0 fully saturated rings.